The first-order valence-electron chi connectivity index (χ1n) is 5.95. The molecule has 1 fully saturated rings. The van der Waals surface area contributed by atoms with Crippen molar-refractivity contribution in [2.24, 2.45) is 0 Å². The first-order chi connectivity index (χ1) is 8.29. The van der Waals surface area contributed by atoms with E-state index < -0.39 is 0 Å². The van der Waals surface area contributed by atoms with Gasteiger partial charge in [0.15, 0.2) is 0 Å². The Kier molecular flexibility index (Phi) is 3.81. The highest BCUT2D eigenvalue weighted by Gasteiger charge is 2.20. The van der Waals surface area contributed by atoms with Gasteiger partial charge in [0.1, 0.15) is 0 Å². The Morgan fingerprint density at radius 1 is 1.47 bits per heavy atom. The molecule has 1 N–H and O–H groups in total. The van der Waals surface area contributed by atoms with E-state index in [0.717, 1.165) is 18.7 Å². The van der Waals surface area contributed by atoms with Crippen LogP contribution in [0.25, 0.3) is 0 Å². The lowest BCUT2D eigenvalue weighted by atomic mass is 9.98. The molecule has 1 unspecified atom stereocenters. The van der Waals surface area contributed by atoms with Crippen molar-refractivity contribution in [3.8, 4) is 0 Å². The van der Waals surface area contributed by atoms with Crippen LogP contribution in [0.4, 0.5) is 0 Å². The summed E-state index contributed by atoms with van der Waals surface area (Å²) in [5, 5.41) is 3.25. The summed E-state index contributed by atoms with van der Waals surface area (Å²) >= 11 is 0. The molecule has 0 radical (unpaired) electrons. The van der Waals surface area contributed by atoms with Gasteiger partial charge >= 0.3 is 5.97 Å². The van der Waals surface area contributed by atoms with E-state index in [9.17, 15) is 4.79 Å². The maximum atomic E-state index is 11.3. The Morgan fingerprint density at radius 3 is 2.94 bits per heavy atom. The first-order valence-corrected chi connectivity index (χ1v) is 5.95. The van der Waals surface area contributed by atoms with E-state index >= 15 is 0 Å². The Bertz CT molecular complexity index is 411. The maximum Gasteiger partial charge on any atom is 0.332 e. The lowest BCUT2D eigenvalue weighted by Gasteiger charge is -2.06. The number of allylic oxidation sites excluding steroid dienone is 1. The van der Waals surface area contributed by atoms with Gasteiger partial charge in [0.25, 0.3) is 0 Å². The fourth-order valence-electron chi connectivity index (χ4n) is 2.06. The molecule has 1 aliphatic rings. The van der Waals surface area contributed by atoms with Crippen molar-refractivity contribution in [2.45, 2.75) is 19.3 Å². The van der Waals surface area contributed by atoms with E-state index in [-0.39, 0.29) is 5.97 Å². The molecule has 0 aromatic heterocycles. The van der Waals surface area contributed by atoms with E-state index in [2.05, 4.69) is 17.4 Å². The molecule has 1 saturated heterocycles. The van der Waals surface area contributed by atoms with Crippen LogP contribution in [0.2, 0.25) is 0 Å². The predicted octanol–water partition coefficient (Wildman–Crippen LogP) is 2.21. The van der Waals surface area contributed by atoms with Crippen LogP contribution in [-0.2, 0) is 9.53 Å². The van der Waals surface area contributed by atoms with Crippen molar-refractivity contribution < 1.29 is 9.53 Å². The van der Waals surface area contributed by atoms with Gasteiger partial charge in [0, 0.05) is 24.2 Å². The molecule has 1 aromatic rings. The zero-order chi connectivity index (χ0) is 12.1. The number of carbonyl (C=O) groups is 1. The third kappa shape index (κ3) is 3.09. The van der Waals surface area contributed by atoms with Crippen LogP contribution in [0.5, 0.6) is 0 Å². The van der Waals surface area contributed by atoms with E-state index in [4.69, 9.17) is 4.74 Å². The molecule has 1 aliphatic heterocycles. The molecule has 0 bridgehead atoms. The second-order valence-electron chi connectivity index (χ2n) is 4.11. The van der Waals surface area contributed by atoms with Crippen LogP contribution in [0, 0.1) is 0 Å². The zero-order valence-corrected chi connectivity index (χ0v) is 9.98. The van der Waals surface area contributed by atoms with Gasteiger partial charge in [-0.1, -0.05) is 30.3 Å². The normalized spacial score (nSPS) is 21.2. The van der Waals surface area contributed by atoms with Gasteiger partial charge in [-0.2, -0.15) is 0 Å². The van der Waals surface area contributed by atoms with Gasteiger partial charge in [0.2, 0.25) is 0 Å². The summed E-state index contributed by atoms with van der Waals surface area (Å²) in [6, 6.07) is 10.4. The fourth-order valence-corrected chi connectivity index (χ4v) is 2.06. The summed E-state index contributed by atoms with van der Waals surface area (Å²) in [6.45, 7) is 3.12. The fraction of sp³-hybridized carbons (Fsp3) is 0.357. The summed E-state index contributed by atoms with van der Waals surface area (Å²) in [5.74, 6) is 0.195. The van der Waals surface area contributed by atoms with Crippen molar-refractivity contribution in [2.75, 3.05) is 13.2 Å². The summed E-state index contributed by atoms with van der Waals surface area (Å²) in [4.78, 5) is 11.3. The molecule has 0 aliphatic carbocycles. The molecule has 0 saturated carbocycles. The lowest BCUT2D eigenvalue weighted by Crippen LogP contribution is -2.09. The Balaban J connectivity index is 1.98. The van der Waals surface area contributed by atoms with Crippen molar-refractivity contribution in [1.29, 1.82) is 0 Å². The second kappa shape index (κ2) is 5.53. The van der Waals surface area contributed by atoms with Gasteiger partial charge in [-0.3, -0.25) is 0 Å². The van der Waals surface area contributed by atoms with Crippen LogP contribution in [-0.4, -0.2) is 19.1 Å². The van der Waals surface area contributed by atoms with E-state index in [1.54, 1.807) is 6.08 Å². The van der Waals surface area contributed by atoms with Crippen LogP contribution >= 0.6 is 0 Å². The molecule has 90 valence electrons. The third-order valence-electron chi connectivity index (χ3n) is 2.89. The van der Waals surface area contributed by atoms with Crippen LogP contribution in [0.15, 0.2) is 42.1 Å². The molecule has 2 rings (SSSR count). The number of benzene rings is 1. The highest BCUT2D eigenvalue weighted by molar-refractivity contribution is 5.82. The minimum Gasteiger partial charge on any atom is -0.463 e. The van der Waals surface area contributed by atoms with E-state index in [1.165, 1.54) is 5.56 Å². The quantitative estimate of drug-likeness (QED) is 0.640. The summed E-state index contributed by atoms with van der Waals surface area (Å²) in [7, 11) is 0. The summed E-state index contributed by atoms with van der Waals surface area (Å²) in [5.41, 5.74) is 2.28. The van der Waals surface area contributed by atoms with Gasteiger partial charge in [-0.25, -0.2) is 4.79 Å². The average Bonchev–Trinajstić information content (AvgIpc) is 2.79. The van der Waals surface area contributed by atoms with Gasteiger partial charge in [-0.15, -0.1) is 0 Å². The zero-order valence-electron chi connectivity index (χ0n) is 9.98. The van der Waals surface area contributed by atoms with Crippen molar-refractivity contribution >= 4 is 5.97 Å². The van der Waals surface area contributed by atoms with Crippen molar-refractivity contribution in [1.82, 2.24) is 5.32 Å². The Hall–Kier alpha value is -1.77. The minimum absolute atomic E-state index is 0.260. The predicted molar refractivity (Wildman–Crippen MR) is 66.5 cm³/mol. The molecule has 1 heterocycles. The molecule has 1 atom stereocenters. The molecule has 3 nitrogen and oxygen atoms in total. The molecule has 0 spiro atoms. The summed E-state index contributed by atoms with van der Waals surface area (Å²) < 4.78 is 4.89. The number of esters is 1. The average molecular weight is 231 g/mol. The lowest BCUT2D eigenvalue weighted by molar-refractivity contribution is -0.137. The Labute approximate surface area is 101 Å². The largest absolute Gasteiger partial charge is 0.463 e. The number of rotatable bonds is 3. The van der Waals surface area contributed by atoms with Crippen molar-refractivity contribution in [3.05, 3.63) is 47.7 Å². The highest BCUT2D eigenvalue weighted by Crippen LogP contribution is 2.27. The van der Waals surface area contributed by atoms with E-state index in [1.807, 2.05) is 25.1 Å². The summed E-state index contributed by atoms with van der Waals surface area (Å²) in [6.07, 6.45) is 2.44. The molecule has 17 heavy (non-hydrogen) atoms. The minimum atomic E-state index is -0.260. The molecule has 3 heteroatoms. The highest BCUT2D eigenvalue weighted by atomic mass is 16.5. The monoisotopic (exact) mass is 231 g/mol. The van der Waals surface area contributed by atoms with Crippen LogP contribution in [0.3, 0.4) is 0 Å². The van der Waals surface area contributed by atoms with E-state index in [0.29, 0.717) is 12.5 Å². The maximum absolute atomic E-state index is 11.3. The SMILES string of the molecule is CCOC(=O)/C=C1/CC(c2ccccc2)CN1. The van der Waals surface area contributed by atoms with Gasteiger partial charge < -0.3 is 10.1 Å². The number of hydrogen-bond donors (Lipinski definition) is 1. The second-order valence-corrected chi connectivity index (χ2v) is 4.11. The molecular formula is C14H17NO2. The standard InChI is InChI=1S/C14H17NO2/c1-2-17-14(16)9-13-8-12(10-15-13)11-6-4-3-5-7-11/h3-7,9,12,15H,2,8,10H2,1H3/b13-9-. The molecular weight excluding hydrogens is 214 g/mol. The Morgan fingerprint density at radius 2 is 2.24 bits per heavy atom. The van der Waals surface area contributed by atoms with Crippen LogP contribution in [0.1, 0.15) is 24.8 Å². The van der Waals surface area contributed by atoms with Crippen LogP contribution < -0.4 is 5.32 Å². The van der Waals surface area contributed by atoms with Gasteiger partial charge in [-0.05, 0) is 18.9 Å². The third-order valence-corrected chi connectivity index (χ3v) is 2.89. The molecule has 0 amide bonds. The van der Waals surface area contributed by atoms with Gasteiger partial charge in [0.05, 0.1) is 6.61 Å². The molecule has 1 aromatic carbocycles. The number of hydrogen-bond acceptors (Lipinski definition) is 3. The number of ether oxygens (including phenoxy) is 1. The first kappa shape index (κ1) is 11.7. The smallest absolute Gasteiger partial charge is 0.332 e. The topological polar surface area (TPSA) is 38.3 Å². The number of nitrogens with one attached hydrogen (secondary N) is 1. The van der Waals surface area contributed by atoms with Crippen molar-refractivity contribution in [3.63, 3.8) is 0 Å². The number of carbonyl (C=O) groups excluding carboxylic acids is 1.